The number of carbonyl (C=O) groups is 3. The van der Waals surface area contributed by atoms with Crippen molar-refractivity contribution in [2.75, 3.05) is 38.0 Å². The Hall–Kier alpha value is -4.16. The summed E-state index contributed by atoms with van der Waals surface area (Å²) >= 11 is 0.753. The average Bonchev–Trinajstić information content (AvgIpc) is 3.60. The summed E-state index contributed by atoms with van der Waals surface area (Å²) in [5.74, 6) is -1.04. The molecule has 1 saturated heterocycles. The predicted molar refractivity (Wildman–Crippen MR) is 152 cm³/mol. The number of anilines is 2. The van der Waals surface area contributed by atoms with Crippen LogP contribution in [0.3, 0.4) is 0 Å². The second-order valence-corrected chi connectivity index (χ2v) is 10.3. The van der Waals surface area contributed by atoms with E-state index >= 15 is 0 Å². The second-order valence-electron chi connectivity index (χ2n) is 9.50. The fraction of sp³-hybridized carbons (Fsp3) is 0.357. The zero-order valence-electron chi connectivity index (χ0n) is 22.9. The van der Waals surface area contributed by atoms with Gasteiger partial charge in [-0.3, -0.25) is 19.3 Å². The van der Waals surface area contributed by atoms with Crippen LogP contribution in [0.5, 0.6) is 11.5 Å². The highest BCUT2D eigenvalue weighted by Crippen LogP contribution is 2.38. The molecule has 2 heterocycles. The minimum atomic E-state index is -1.16. The molecule has 1 aliphatic heterocycles. The van der Waals surface area contributed by atoms with Gasteiger partial charge in [0.1, 0.15) is 10.9 Å². The number of methoxy groups -OCH3 is 2. The number of hydrogen-bond acceptors (Lipinski definition) is 9. The van der Waals surface area contributed by atoms with Gasteiger partial charge < -0.3 is 31.0 Å². The number of nitrogens with one attached hydrogen (secondary N) is 1. The van der Waals surface area contributed by atoms with Gasteiger partial charge >= 0.3 is 0 Å². The molecule has 40 heavy (non-hydrogen) atoms. The summed E-state index contributed by atoms with van der Waals surface area (Å²) in [5, 5.41) is 2.97. The Morgan fingerprint density at radius 3 is 2.50 bits per heavy atom. The molecule has 0 saturated carbocycles. The Balaban J connectivity index is 1.89. The molecule has 1 aromatic heterocycles. The fourth-order valence-corrected chi connectivity index (χ4v) is 5.48. The minimum Gasteiger partial charge on any atom is -0.493 e. The van der Waals surface area contributed by atoms with E-state index in [2.05, 4.69) is 9.69 Å². The number of ether oxygens (including phenoxy) is 3. The van der Waals surface area contributed by atoms with Gasteiger partial charge in [-0.15, -0.1) is 0 Å². The van der Waals surface area contributed by atoms with Crippen LogP contribution in [0, 0.1) is 13.8 Å². The van der Waals surface area contributed by atoms with Crippen LogP contribution >= 0.6 is 11.5 Å². The van der Waals surface area contributed by atoms with Crippen LogP contribution in [0.25, 0.3) is 0 Å². The Kier molecular flexibility index (Phi) is 8.90. The first-order chi connectivity index (χ1) is 19.2. The lowest BCUT2D eigenvalue weighted by Crippen LogP contribution is -2.46. The lowest BCUT2D eigenvalue weighted by molar-refractivity contribution is -0.123. The van der Waals surface area contributed by atoms with Crippen molar-refractivity contribution in [2.24, 2.45) is 5.73 Å². The number of amides is 3. The average molecular weight is 568 g/mol. The predicted octanol–water partition coefficient (Wildman–Crippen LogP) is 3.14. The molecule has 2 aromatic carbocycles. The summed E-state index contributed by atoms with van der Waals surface area (Å²) in [6, 6.07) is 9.41. The van der Waals surface area contributed by atoms with Gasteiger partial charge in [-0.1, -0.05) is 23.8 Å². The maximum atomic E-state index is 14.3. The SMILES string of the molecule is COc1ccc([C@@H](C(=O)NC[C@H]2CCCO2)N(C(=O)c2snc(C(N)=O)c2N)c2ccc(C)cc2C)cc1OC. The van der Waals surface area contributed by atoms with Gasteiger partial charge in [0, 0.05) is 18.8 Å². The van der Waals surface area contributed by atoms with E-state index < -0.39 is 23.8 Å². The normalized spacial score (nSPS) is 15.3. The Bertz CT molecular complexity index is 1420. The maximum absolute atomic E-state index is 14.3. The molecular formula is C28H33N5O6S. The molecule has 5 N–H and O–H groups in total. The third kappa shape index (κ3) is 5.87. The number of primary amides is 1. The minimum absolute atomic E-state index is 0.00817. The van der Waals surface area contributed by atoms with E-state index in [-0.39, 0.29) is 28.9 Å². The Morgan fingerprint density at radius 1 is 1.15 bits per heavy atom. The van der Waals surface area contributed by atoms with Crippen molar-refractivity contribution in [1.29, 1.82) is 0 Å². The summed E-state index contributed by atoms with van der Waals surface area (Å²) in [6.07, 6.45) is 1.63. The summed E-state index contributed by atoms with van der Waals surface area (Å²) in [6.45, 7) is 4.71. The first kappa shape index (κ1) is 28.8. The number of rotatable bonds is 10. The van der Waals surface area contributed by atoms with Gasteiger partial charge in [0.15, 0.2) is 17.2 Å². The van der Waals surface area contributed by atoms with Gasteiger partial charge in [0.05, 0.1) is 26.0 Å². The Morgan fingerprint density at radius 2 is 1.90 bits per heavy atom. The molecule has 0 spiro atoms. The van der Waals surface area contributed by atoms with Gasteiger partial charge in [-0.2, -0.15) is 4.37 Å². The van der Waals surface area contributed by atoms with E-state index in [4.69, 9.17) is 25.7 Å². The smallest absolute Gasteiger partial charge is 0.273 e. The molecule has 1 fully saturated rings. The van der Waals surface area contributed by atoms with Crippen LogP contribution in [0.2, 0.25) is 0 Å². The second kappa shape index (κ2) is 12.3. The van der Waals surface area contributed by atoms with Crippen molar-refractivity contribution in [2.45, 2.75) is 38.8 Å². The molecule has 0 aliphatic carbocycles. The number of carbonyl (C=O) groups excluding carboxylic acids is 3. The van der Waals surface area contributed by atoms with Crippen LogP contribution in [-0.2, 0) is 9.53 Å². The zero-order valence-corrected chi connectivity index (χ0v) is 23.7. The topological polar surface area (TPSA) is 159 Å². The molecule has 11 nitrogen and oxygen atoms in total. The summed E-state index contributed by atoms with van der Waals surface area (Å²) in [7, 11) is 3.00. The third-order valence-corrected chi connectivity index (χ3v) is 7.60. The van der Waals surface area contributed by atoms with E-state index in [1.165, 1.54) is 19.1 Å². The number of benzene rings is 2. The van der Waals surface area contributed by atoms with E-state index in [0.29, 0.717) is 29.4 Å². The molecule has 12 heteroatoms. The first-order valence-electron chi connectivity index (χ1n) is 12.7. The van der Waals surface area contributed by atoms with Crippen molar-refractivity contribution in [3.8, 4) is 11.5 Å². The molecule has 1 aliphatic rings. The lowest BCUT2D eigenvalue weighted by Gasteiger charge is -2.33. The number of nitrogens with two attached hydrogens (primary N) is 2. The molecule has 3 aromatic rings. The fourth-order valence-electron chi connectivity index (χ4n) is 4.74. The highest BCUT2D eigenvalue weighted by atomic mass is 32.1. The molecule has 0 radical (unpaired) electrons. The van der Waals surface area contributed by atoms with Crippen molar-refractivity contribution in [1.82, 2.24) is 9.69 Å². The number of nitrogen functional groups attached to an aromatic ring is 1. The third-order valence-electron chi connectivity index (χ3n) is 6.74. The summed E-state index contributed by atoms with van der Waals surface area (Å²) in [5.41, 5.74) is 13.9. The molecule has 0 unspecified atom stereocenters. The number of hydrogen-bond donors (Lipinski definition) is 3. The number of aromatic nitrogens is 1. The monoisotopic (exact) mass is 567 g/mol. The van der Waals surface area contributed by atoms with Crippen LogP contribution in [0.15, 0.2) is 36.4 Å². The molecular weight excluding hydrogens is 534 g/mol. The summed E-state index contributed by atoms with van der Waals surface area (Å²) in [4.78, 5) is 41.5. The molecule has 3 amide bonds. The number of nitrogens with zero attached hydrogens (tertiary/aromatic N) is 2. The van der Waals surface area contributed by atoms with Gasteiger partial charge in [-0.25, -0.2) is 0 Å². The highest BCUT2D eigenvalue weighted by molar-refractivity contribution is 7.09. The van der Waals surface area contributed by atoms with Gasteiger partial charge in [-0.05, 0) is 67.5 Å². The highest BCUT2D eigenvalue weighted by Gasteiger charge is 2.37. The molecule has 0 bridgehead atoms. The number of aryl methyl sites for hydroxylation is 2. The van der Waals surface area contributed by atoms with Gasteiger partial charge in [0.25, 0.3) is 11.8 Å². The van der Waals surface area contributed by atoms with E-state index in [9.17, 15) is 14.4 Å². The molecule has 4 rings (SSSR count). The van der Waals surface area contributed by atoms with E-state index in [1.807, 2.05) is 26.0 Å². The van der Waals surface area contributed by atoms with E-state index in [0.717, 1.165) is 35.5 Å². The van der Waals surface area contributed by atoms with Crippen LogP contribution in [0.4, 0.5) is 11.4 Å². The molecule has 2 atom stereocenters. The quantitative estimate of drug-likeness (QED) is 0.337. The standard InChI is InChI=1S/C28H33N5O6S/c1-15-7-9-19(16(2)12-15)33(28(36)25-22(29)23(26(30)34)32-40-25)24(27(35)31-14-18-6-5-11-39-18)17-8-10-20(37-3)21(13-17)38-4/h7-10,12-13,18,24H,5-6,11,14,29H2,1-4H3,(H2,30,34)(H,31,35)/t18-,24+/m1/s1. The maximum Gasteiger partial charge on any atom is 0.273 e. The first-order valence-corrected chi connectivity index (χ1v) is 13.5. The molecule has 212 valence electrons. The van der Waals surface area contributed by atoms with Crippen molar-refractivity contribution < 1.29 is 28.6 Å². The van der Waals surface area contributed by atoms with Crippen molar-refractivity contribution in [3.05, 3.63) is 63.7 Å². The van der Waals surface area contributed by atoms with Crippen molar-refractivity contribution >= 4 is 40.6 Å². The zero-order chi connectivity index (χ0) is 29.0. The largest absolute Gasteiger partial charge is 0.493 e. The lowest BCUT2D eigenvalue weighted by atomic mass is 10.00. The van der Waals surface area contributed by atoms with Crippen LogP contribution in [0.1, 0.15) is 55.7 Å². The summed E-state index contributed by atoms with van der Waals surface area (Å²) < 4.78 is 20.6. The Labute approximate surface area is 236 Å². The van der Waals surface area contributed by atoms with Crippen molar-refractivity contribution in [3.63, 3.8) is 0 Å². The van der Waals surface area contributed by atoms with Crippen LogP contribution < -0.4 is 31.2 Å². The van der Waals surface area contributed by atoms with Gasteiger partial charge in [0.2, 0.25) is 5.91 Å². The van der Waals surface area contributed by atoms with E-state index in [1.54, 1.807) is 24.3 Å². The van der Waals surface area contributed by atoms with Crippen LogP contribution in [-0.4, -0.2) is 55.6 Å².